The van der Waals surface area contributed by atoms with E-state index in [1.807, 2.05) is 24.3 Å². The monoisotopic (exact) mass is 317 g/mol. The molecular weight excluding hydrogens is 294 g/mol. The van der Waals surface area contributed by atoms with Crippen molar-refractivity contribution in [3.8, 4) is 0 Å². The molecule has 6 nitrogen and oxygen atoms in total. The van der Waals surface area contributed by atoms with Gasteiger partial charge in [0.15, 0.2) is 6.29 Å². The maximum Gasteiger partial charge on any atom is 0.411 e. The Morgan fingerprint density at radius 1 is 1.26 bits per heavy atom. The molecule has 0 bridgehead atoms. The van der Waals surface area contributed by atoms with Gasteiger partial charge in [0.25, 0.3) is 0 Å². The van der Waals surface area contributed by atoms with Crippen molar-refractivity contribution in [2.24, 2.45) is 7.05 Å². The minimum atomic E-state index is -1.19. The Labute approximate surface area is 136 Å². The molecule has 0 aliphatic heterocycles. The maximum absolute atomic E-state index is 12.4. The number of nitrogens with zero attached hydrogens (tertiary/aromatic N) is 3. The van der Waals surface area contributed by atoms with E-state index in [0.717, 1.165) is 17.2 Å². The molecule has 6 heteroatoms. The zero-order valence-electron chi connectivity index (χ0n) is 14.5. The van der Waals surface area contributed by atoms with E-state index in [9.17, 15) is 9.59 Å². The zero-order chi connectivity index (χ0) is 17.4. The van der Waals surface area contributed by atoms with Crippen molar-refractivity contribution in [2.75, 3.05) is 7.05 Å². The molecule has 23 heavy (non-hydrogen) atoms. The first-order valence-corrected chi connectivity index (χ1v) is 7.45. The fourth-order valence-corrected chi connectivity index (χ4v) is 2.56. The summed E-state index contributed by atoms with van der Waals surface area (Å²) >= 11 is 0. The molecule has 124 valence electrons. The molecule has 0 spiro atoms. The number of aryl methyl sites for hydroxylation is 1. The second kappa shape index (κ2) is 5.68. The van der Waals surface area contributed by atoms with Gasteiger partial charge in [-0.1, -0.05) is 18.2 Å². The van der Waals surface area contributed by atoms with Gasteiger partial charge >= 0.3 is 6.09 Å². The first kappa shape index (κ1) is 17.0. The minimum absolute atomic E-state index is 0.558. The highest BCUT2D eigenvalue weighted by Crippen LogP contribution is 2.32. The first-order valence-electron chi connectivity index (χ1n) is 7.45. The van der Waals surface area contributed by atoms with E-state index in [4.69, 9.17) is 4.74 Å². The predicted octanol–water partition coefficient (Wildman–Crippen LogP) is 2.85. The number of benzene rings is 1. The second-order valence-corrected chi connectivity index (χ2v) is 6.79. The molecule has 0 saturated heterocycles. The molecule has 0 radical (unpaired) electrons. The molecule has 0 N–H and O–H groups in total. The third-order valence-corrected chi connectivity index (χ3v) is 3.81. The van der Waals surface area contributed by atoms with E-state index < -0.39 is 17.2 Å². The molecule has 2 aromatic rings. The molecule has 1 unspecified atom stereocenters. The standard InChI is InChI=1S/C17H23N3O3/c1-16(2,3)23-15(22)19(5)17(4,11-21)14-12-9-7-8-10-13(12)18-20(14)6/h7-11H,1-6H3. The number of aromatic nitrogens is 2. The van der Waals surface area contributed by atoms with E-state index in [0.29, 0.717) is 5.69 Å². The molecule has 1 aromatic heterocycles. The van der Waals surface area contributed by atoms with Crippen molar-refractivity contribution in [3.05, 3.63) is 30.0 Å². The van der Waals surface area contributed by atoms with Crippen LogP contribution in [-0.4, -0.2) is 39.7 Å². The zero-order valence-corrected chi connectivity index (χ0v) is 14.5. The number of aldehydes is 1. The number of hydrogen-bond acceptors (Lipinski definition) is 4. The average molecular weight is 317 g/mol. The fraction of sp³-hybridized carbons (Fsp3) is 0.471. The number of carbonyl (C=O) groups is 2. The van der Waals surface area contributed by atoms with Gasteiger partial charge in [0.1, 0.15) is 11.1 Å². The summed E-state index contributed by atoms with van der Waals surface area (Å²) in [5.74, 6) is 0. The molecule has 0 fully saturated rings. The van der Waals surface area contributed by atoms with Crippen LogP contribution in [0.1, 0.15) is 33.4 Å². The number of rotatable bonds is 3. The van der Waals surface area contributed by atoms with Crippen LogP contribution in [0.5, 0.6) is 0 Å². The highest BCUT2D eigenvalue weighted by atomic mass is 16.6. The van der Waals surface area contributed by atoms with Crippen molar-refractivity contribution in [1.29, 1.82) is 0 Å². The Bertz CT molecular complexity index is 745. The summed E-state index contributed by atoms with van der Waals surface area (Å²) in [4.78, 5) is 25.7. The summed E-state index contributed by atoms with van der Waals surface area (Å²) in [7, 11) is 3.32. The number of carbonyl (C=O) groups excluding carboxylic acids is 2. The molecular formula is C17H23N3O3. The molecule has 0 aliphatic rings. The maximum atomic E-state index is 12.4. The first-order chi connectivity index (χ1) is 10.6. The summed E-state index contributed by atoms with van der Waals surface area (Å²) in [5.41, 5.74) is -0.399. The van der Waals surface area contributed by atoms with Crippen LogP contribution in [0.4, 0.5) is 4.79 Å². The molecule has 2 rings (SSSR count). The smallest absolute Gasteiger partial charge is 0.411 e. The Morgan fingerprint density at radius 2 is 1.87 bits per heavy atom. The number of ether oxygens (including phenoxy) is 1. The SMILES string of the molecule is CN(C(=O)OC(C)(C)C)C(C)(C=O)c1c2ccccc2nn1C. The summed E-state index contributed by atoms with van der Waals surface area (Å²) < 4.78 is 7.03. The van der Waals surface area contributed by atoms with Crippen molar-refractivity contribution >= 4 is 23.3 Å². The quantitative estimate of drug-likeness (QED) is 0.817. The van der Waals surface area contributed by atoms with Crippen LogP contribution in [0.2, 0.25) is 0 Å². The topological polar surface area (TPSA) is 64.4 Å². The second-order valence-electron chi connectivity index (χ2n) is 6.79. The summed E-state index contributed by atoms with van der Waals surface area (Å²) in [6, 6.07) is 7.53. The lowest BCUT2D eigenvalue weighted by molar-refractivity contribution is -0.117. The third kappa shape index (κ3) is 3.06. The Kier molecular flexibility index (Phi) is 4.20. The Morgan fingerprint density at radius 3 is 2.43 bits per heavy atom. The average Bonchev–Trinajstić information content (AvgIpc) is 2.80. The van der Waals surface area contributed by atoms with Crippen molar-refractivity contribution in [3.63, 3.8) is 0 Å². The van der Waals surface area contributed by atoms with Crippen molar-refractivity contribution < 1.29 is 14.3 Å². The van der Waals surface area contributed by atoms with Gasteiger partial charge < -0.3 is 9.53 Å². The molecule has 1 aromatic carbocycles. The van der Waals surface area contributed by atoms with Crippen molar-refractivity contribution in [2.45, 2.75) is 38.8 Å². The number of likely N-dealkylation sites (N-methyl/N-ethyl adjacent to an activating group) is 1. The van der Waals surface area contributed by atoms with Gasteiger partial charge in [-0.2, -0.15) is 5.10 Å². The Balaban J connectivity index is 2.53. The molecule has 0 aliphatic carbocycles. The molecule has 1 amide bonds. The normalized spacial score (nSPS) is 14.3. The number of amides is 1. The lowest BCUT2D eigenvalue weighted by atomic mass is 9.95. The van der Waals surface area contributed by atoms with Crippen LogP contribution in [0.25, 0.3) is 10.9 Å². The van der Waals surface area contributed by atoms with Crippen LogP contribution in [0.15, 0.2) is 24.3 Å². The lowest BCUT2D eigenvalue weighted by Gasteiger charge is -2.35. The number of fused-ring (bicyclic) bond motifs is 1. The molecule has 1 heterocycles. The molecule has 0 saturated carbocycles. The van der Waals surface area contributed by atoms with E-state index >= 15 is 0 Å². The van der Waals surface area contributed by atoms with Gasteiger partial charge in [0, 0.05) is 19.5 Å². The van der Waals surface area contributed by atoms with Crippen molar-refractivity contribution in [1.82, 2.24) is 14.7 Å². The van der Waals surface area contributed by atoms with Gasteiger partial charge in [-0.15, -0.1) is 0 Å². The van der Waals surface area contributed by atoms with Gasteiger partial charge in [0.2, 0.25) is 0 Å². The van der Waals surface area contributed by atoms with Crippen LogP contribution in [0, 0.1) is 0 Å². The van der Waals surface area contributed by atoms with Gasteiger partial charge in [-0.25, -0.2) is 4.79 Å². The lowest BCUT2D eigenvalue weighted by Crippen LogP contribution is -2.49. The van der Waals surface area contributed by atoms with E-state index in [2.05, 4.69) is 5.10 Å². The highest BCUT2D eigenvalue weighted by molar-refractivity contribution is 5.88. The summed E-state index contributed by atoms with van der Waals surface area (Å²) in [6.45, 7) is 7.05. The Hall–Kier alpha value is -2.37. The predicted molar refractivity (Wildman–Crippen MR) is 88.1 cm³/mol. The van der Waals surface area contributed by atoms with E-state index in [-0.39, 0.29) is 0 Å². The fourth-order valence-electron chi connectivity index (χ4n) is 2.56. The van der Waals surface area contributed by atoms with Crippen LogP contribution in [-0.2, 0) is 22.1 Å². The van der Waals surface area contributed by atoms with Crippen LogP contribution >= 0.6 is 0 Å². The van der Waals surface area contributed by atoms with E-state index in [1.165, 1.54) is 4.90 Å². The largest absolute Gasteiger partial charge is 0.444 e. The highest BCUT2D eigenvalue weighted by Gasteiger charge is 2.40. The summed E-state index contributed by atoms with van der Waals surface area (Å²) in [6.07, 6.45) is 0.192. The van der Waals surface area contributed by atoms with Gasteiger partial charge in [-0.05, 0) is 33.8 Å². The van der Waals surface area contributed by atoms with Gasteiger partial charge in [-0.3, -0.25) is 9.58 Å². The number of hydrogen-bond donors (Lipinski definition) is 0. The van der Waals surface area contributed by atoms with Crippen LogP contribution < -0.4 is 0 Å². The van der Waals surface area contributed by atoms with Gasteiger partial charge in [0.05, 0.1) is 11.2 Å². The van der Waals surface area contributed by atoms with Crippen LogP contribution in [0.3, 0.4) is 0 Å². The third-order valence-electron chi connectivity index (χ3n) is 3.81. The minimum Gasteiger partial charge on any atom is -0.444 e. The molecule has 1 atom stereocenters. The summed E-state index contributed by atoms with van der Waals surface area (Å²) in [5, 5.41) is 5.26. The van der Waals surface area contributed by atoms with E-state index in [1.54, 1.807) is 46.5 Å².